The molecule has 258 valence electrons. The summed E-state index contributed by atoms with van der Waals surface area (Å²) in [5.41, 5.74) is 16.8. The molecule has 0 spiro atoms. The smallest absolute Gasteiger partial charge is 0.0468 e. The van der Waals surface area contributed by atoms with E-state index in [2.05, 4.69) is 197 Å². The average molecular weight is 684 g/mol. The molecule has 1 nitrogen and oxygen atoms in total. The third kappa shape index (κ3) is 7.34. The maximum absolute atomic E-state index is 3.86. The lowest BCUT2D eigenvalue weighted by atomic mass is 9.82. The third-order valence-corrected chi connectivity index (χ3v) is 10.2. The van der Waals surface area contributed by atoms with Crippen LogP contribution in [0.25, 0.3) is 39.5 Å². The van der Waals surface area contributed by atoms with E-state index >= 15 is 0 Å². The Balaban J connectivity index is 1.26. The van der Waals surface area contributed by atoms with Crippen LogP contribution in [0.4, 0.5) is 17.1 Å². The first kappa shape index (κ1) is 35.0. The predicted molar refractivity (Wildman–Crippen MR) is 231 cm³/mol. The van der Waals surface area contributed by atoms with E-state index in [1.807, 2.05) is 30.4 Å². The lowest BCUT2D eigenvalue weighted by Crippen LogP contribution is -2.15. The van der Waals surface area contributed by atoms with Gasteiger partial charge in [-0.2, -0.15) is 0 Å². The Morgan fingerprint density at radius 1 is 0.547 bits per heavy atom. The first-order valence-electron chi connectivity index (χ1n) is 18.2. The van der Waals surface area contributed by atoms with Gasteiger partial charge >= 0.3 is 0 Å². The zero-order valence-electron chi connectivity index (χ0n) is 30.8. The summed E-state index contributed by atoms with van der Waals surface area (Å²) >= 11 is 0. The number of rotatable bonds is 11. The molecule has 1 aliphatic rings. The molecule has 6 aromatic carbocycles. The highest BCUT2D eigenvalue weighted by molar-refractivity contribution is 5.89. The van der Waals surface area contributed by atoms with Crippen molar-refractivity contribution in [3.63, 3.8) is 0 Å². The van der Waals surface area contributed by atoms with Gasteiger partial charge in [0.1, 0.15) is 0 Å². The zero-order valence-corrected chi connectivity index (χ0v) is 30.8. The van der Waals surface area contributed by atoms with Gasteiger partial charge in [-0.05, 0) is 111 Å². The van der Waals surface area contributed by atoms with Crippen LogP contribution >= 0.6 is 0 Å². The summed E-state index contributed by atoms with van der Waals surface area (Å²) in [4.78, 5) is 2.38. The molecule has 1 aliphatic carbocycles. The monoisotopic (exact) mass is 683 g/mol. The van der Waals surface area contributed by atoms with Crippen LogP contribution in [0.5, 0.6) is 0 Å². The van der Waals surface area contributed by atoms with Gasteiger partial charge in [-0.15, -0.1) is 0 Å². The Hall–Kier alpha value is -6.44. The molecule has 0 bridgehead atoms. The van der Waals surface area contributed by atoms with Crippen molar-refractivity contribution in [2.75, 3.05) is 4.90 Å². The Kier molecular flexibility index (Phi) is 10.2. The first-order valence-corrected chi connectivity index (χ1v) is 18.2. The fraction of sp³-hybridized carbons (Fsp3) is 0.0769. The number of benzene rings is 6. The SMILES string of the molecule is C=C/C=C\C=C(/C)c1cccc(N(c2ccc(-c3ccc(/C=C(\C=C/C=C)c4ccccc4)cc3)cc2)c2ccc3c(c2)-c2ccccc2C3(C)C)c1. The molecule has 0 unspecified atom stereocenters. The fourth-order valence-corrected chi connectivity index (χ4v) is 7.34. The van der Waals surface area contributed by atoms with Gasteiger partial charge in [0.05, 0.1) is 0 Å². The van der Waals surface area contributed by atoms with Gasteiger partial charge < -0.3 is 4.90 Å². The van der Waals surface area contributed by atoms with Crippen LogP contribution in [-0.4, -0.2) is 0 Å². The second-order valence-electron chi connectivity index (χ2n) is 14.0. The molecule has 0 heterocycles. The highest BCUT2D eigenvalue weighted by Gasteiger charge is 2.35. The third-order valence-electron chi connectivity index (χ3n) is 10.2. The minimum Gasteiger partial charge on any atom is -0.310 e. The van der Waals surface area contributed by atoms with Crippen molar-refractivity contribution in [1.82, 2.24) is 0 Å². The van der Waals surface area contributed by atoms with E-state index in [-0.39, 0.29) is 5.41 Å². The van der Waals surface area contributed by atoms with Gasteiger partial charge in [0.2, 0.25) is 0 Å². The van der Waals surface area contributed by atoms with Gasteiger partial charge in [-0.3, -0.25) is 0 Å². The highest BCUT2D eigenvalue weighted by Crippen LogP contribution is 2.50. The van der Waals surface area contributed by atoms with E-state index in [0.717, 1.165) is 28.2 Å². The van der Waals surface area contributed by atoms with Crippen LogP contribution in [-0.2, 0) is 5.41 Å². The van der Waals surface area contributed by atoms with Gasteiger partial charge in [0.15, 0.2) is 0 Å². The van der Waals surface area contributed by atoms with Crippen LogP contribution in [0.2, 0.25) is 0 Å². The normalized spacial score (nSPS) is 13.6. The van der Waals surface area contributed by atoms with E-state index in [4.69, 9.17) is 0 Å². The van der Waals surface area contributed by atoms with E-state index in [1.165, 1.54) is 50.1 Å². The predicted octanol–water partition coefficient (Wildman–Crippen LogP) is 14.6. The number of allylic oxidation sites excluding steroid dienone is 9. The molecule has 0 aliphatic heterocycles. The highest BCUT2D eigenvalue weighted by atomic mass is 15.1. The molecule has 53 heavy (non-hydrogen) atoms. The summed E-state index contributed by atoms with van der Waals surface area (Å²) in [6.45, 7) is 14.5. The molecule has 1 heteroatoms. The van der Waals surface area contributed by atoms with Crippen molar-refractivity contribution in [3.8, 4) is 22.3 Å². The molecule has 6 aromatic rings. The Morgan fingerprint density at radius 2 is 1.17 bits per heavy atom. The van der Waals surface area contributed by atoms with Crippen LogP contribution in [0.1, 0.15) is 48.6 Å². The molecule has 0 atom stereocenters. The lowest BCUT2D eigenvalue weighted by molar-refractivity contribution is 0.660. The first-order chi connectivity index (χ1) is 25.9. The van der Waals surface area contributed by atoms with Gasteiger partial charge in [-0.1, -0.05) is 179 Å². The topological polar surface area (TPSA) is 3.24 Å². The second-order valence-corrected chi connectivity index (χ2v) is 14.0. The molecule has 0 N–H and O–H groups in total. The molecule has 0 radical (unpaired) electrons. The van der Waals surface area contributed by atoms with E-state index < -0.39 is 0 Å². The molecule has 7 rings (SSSR count). The average Bonchev–Trinajstić information content (AvgIpc) is 3.43. The van der Waals surface area contributed by atoms with E-state index in [9.17, 15) is 0 Å². The zero-order chi connectivity index (χ0) is 36.8. The second kappa shape index (κ2) is 15.4. The van der Waals surface area contributed by atoms with Crippen LogP contribution in [0.3, 0.4) is 0 Å². The molecule has 0 amide bonds. The minimum atomic E-state index is -0.0472. The summed E-state index contributed by atoms with van der Waals surface area (Å²) in [6, 6.07) is 52.8. The summed E-state index contributed by atoms with van der Waals surface area (Å²) in [7, 11) is 0. The van der Waals surface area contributed by atoms with E-state index in [0.29, 0.717) is 0 Å². The van der Waals surface area contributed by atoms with Crippen molar-refractivity contribution in [2.45, 2.75) is 26.2 Å². The number of nitrogens with zero attached hydrogens (tertiary/aromatic N) is 1. The van der Waals surface area contributed by atoms with Gasteiger partial charge in [0.25, 0.3) is 0 Å². The number of hydrogen-bond acceptors (Lipinski definition) is 1. The lowest BCUT2D eigenvalue weighted by Gasteiger charge is -2.28. The van der Waals surface area contributed by atoms with Crippen molar-refractivity contribution in [3.05, 3.63) is 229 Å². The summed E-state index contributed by atoms with van der Waals surface area (Å²) in [6.07, 6.45) is 16.1. The van der Waals surface area contributed by atoms with Crippen LogP contribution in [0, 0.1) is 0 Å². The molecular weight excluding hydrogens is 639 g/mol. The molecule has 0 aromatic heterocycles. The maximum atomic E-state index is 3.86. The number of hydrogen-bond donors (Lipinski definition) is 0. The number of fused-ring (bicyclic) bond motifs is 3. The van der Waals surface area contributed by atoms with Crippen LogP contribution < -0.4 is 4.90 Å². The largest absolute Gasteiger partial charge is 0.310 e. The quantitative estimate of drug-likeness (QED) is 0.0970. The van der Waals surface area contributed by atoms with Gasteiger partial charge in [0, 0.05) is 22.5 Å². The van der Waals surface area contributed by atoms with Crippen LogP contribution in [0.15, 0.2) is 201 Å². The Labute approximate surface area is 315 Å². The standard InChI is InChI=1S/C52H45N/c1-6-8-11-17-38(3)43-21-16-22-46(36-43)53(47-33-34-51-49(37-47)48-23-14-15-24-50(48)52(51,4)5)45-31-29-42(30-32-45)41-27-25-39(26-28-41)35-44(18-9-7-2)40-19-12-10-13-20-40/h6-37H,1-2H2,3-5H3/b11-8-,18-9-,38-17+,44-35+. The van der Waals surface area contributed by atoms with Crippen molar-refractivity contribution in [2.24, 2.45) is 0 Å². The Bertz CT molecular complexity index is 2380. The Morgan fingerprint density at radius 3 is 1.91 bits per heavy atom. The number of anilines is 3. The van der Waals surface area contributed by atoms with Gasteiger partial charge in [-0.25, -0.2) is 0 Å². The van der Waals surface area contributed by atoms with E-state index in [1.54, 1.807) is 6.08 Å². The molecule has 0 saturated heterocycles. The summed E-state index contributed by atoms with van der Waals surface area (Å²) < 4.78 is 0. The van der Waals surface area contributed by atoms with Crippen molar-refractivity contribution in [1.29, 1.82) is 0 Å². The van der Waals surface area contributed by atoms with Crippen molar-refractivity contribution >= 4 is 34.3 Å². The van der Waals surface area contributed by atoms with Crippen molar-refractivity contribution < 1.29 is 0 Å². The summed E-state index contributed by atoms with van der Waals surface area (Å²) in [5, 5.41) is 0. The fourth-order valence-electron chi connectivity index (χ4n) is 7.34. The summed E-state index contributed by atoms with van der Waals surface area (Å²) in [5.74, 6) is 0. The molecule has 0 fully saturated rings. The molecular formula is C52H45N. The molecule has 0 saturated carbocycles. The maximum Gasteiger partial charge on any atom is 0.0468 e. The minimum absolute atomic E-state index is 0.0472.